The highest BCUT2D eigenvalue weighted by atomic mass is 35.5. The van der Waals surface area contributed by atoms with Crippen LogP contribution in [-0.2, 0) is 12.4 Å². The highest BCUT2D eigenvalue weighted by Crippen LogP contribution is 2.39. The zero-order valence-corrected chi connectivity index (χ0v) is 19.3. The summed E-state index contributed by atoms with van der Waals surface area (Å²) in [4.78, 5) is 36.2. The minimum Gasteiger partial charge on any atom is -0.501 e. The normalized spacial score (nSPS) is 11.8. The van der Waals surface area contributed by atoms with Gasteiger partial charge in [0.2, 0.25) is 10.9 Å². The van der Waals surface area contributed by atoms with E-state index in [1.165, 1.54) is 0 Å². The molecule has 4 rings (SSSR count). The van der Waals surface area contributed by atoms with Gasteiger partial charge < -0.3 is 10.1 Å². The molecule has 0 saturated heterocycles. The first-order chi connectivity index (χ1) is 17.4. The molecule has 0 radical (unpaired) electrons. The molecule has 18 heteroatoms. The van der Waals surface area contributed by atoms with Crippen molar-refractivity contribution >= 4 is 56.4 Å². The Morgan fingerprint density at radius 3 is 1.84 bits per heavy atom. The Morgan fingerprint density at radius 1 is 0.842 bits per heavy atom. The average Bonchev–Trinajstić information content (AvgIpc) is 2.77. The van der Waals surface area contributed by atoms with Gasteiger partial charge in [-0.25, -0.2) is 4.98 Å². The van der Waals surface area contributed by atoms with Crippen LogP contribution < -0.4 is 5.56 Å². The van der Waals surface area contributed by atoms with Gasteiger partial charge >= 0.3 is 29.3 Å². The fourth-order valence-corrected chi connectivity index (χ4v) is 3.76. The molecule has 0 aliphatic rings. The minimum atomic E-state index is -4.62. The predicted octanol–water partition coefficient (Wildman–Crippen LogP) is 6.63. The molecule has 200 valence electrons. The summed E-state index contributed by atoms with van der Waals surface area (Å²) in [5.41, 5.74) is -5.46. The fraction of sp³-hybridized carbons (Fsp3) is 0.100. The van der Waals surface area contributed by atoms with E-state index in [4.69, 9.17) is 23.2 Å². The lowest BCUT2D eigenvalue weighted by Gasteiger charge is -2.08. The second kappa shape index (κ2) is 9.94. The molecule has 0 bridgehead atoms. The zero-order chi connectivity index (χ0) is 28.7. The molecule has 38 heavy (non-hydrogen) atoms. The van der Waals surface area contributed by atoms with Gasteiger partial charge in [-0.15, -0.1) is 0 Å². The molecule has 0 amide bonds. The number of halogens is 8. The number of aromatic amines is 1. The highest BCUT2D eigenvalue weighted by Gasteiger charge is 2.33. The van der Waals surface area contributed by atoms with Gasteiger partial charge in [0.1, 0.15) is 5.02 Å². The Kier molecular flexibility index (Phi) is 7.43. The van der Waals surface area contributed by atoms with Gasteiger partial charge in [0.05, 0.1) is 32.0 Å². The van der Waals surface area contributed by atoms with Crippen LogP contribution in [0.1, 0.15) is 11.1 Å². The molecule has 0 atom stereocenters. The highest BCUT2D eigenvalue weighted by molar-refractivity contribution is 6.41. The minimum absolute atomic E-state index is 0.0331. The van der Waals surface area contributed by atoms with E-state index < -0.39 is 61.2 Å². The third-order valence-electron chi connectivity index (χ3n) is 4.84. The Morgan fingerprint density at radius 2 is 1.34 bits per heavy atom. The number of pyridine rings is 2. The number of nitro groups is 2. The van der Waals surface area contributed by atoms with Crippen LogP contribution in [0.25, 0.3) is 21.8 Å². The molecule has 0 fully saturated rings. The number of aromatic nitrogens is 2. The summed E-state index contributed by atoms with van der Waals surface area (Å²) in [5.74, 6) is -0.961. The van der Waals surface area contributed by atoms with Crippen LogP contribution in [0, 0.1) is 20.2 Å². The second-order valence-corrected chi connectivity index (χ2v) is 7.95. The molecule has 2 heterocycles. The quantitative estimate of drug-likeness (QED) is 0.116. The summed E-state index contributed by atoms with van der Waals surface area (Å²) in [7, 11) is 0. The number of fused-ring (bicyclic) bond motifs is 2. The molecule has 0 saturated carbocycles. The SMILES string of the molecule is O=[N+]([O-])c1c(Cl)nc2cc(C(F)(F)F)ccc2c1Cl.O=c1[nH]c2cc(C(F)(F)F)ccc2c(O)c1[N+](=O)[O-]. The summed E-state index contributed by atoms with van der Waals surface area (Å²) >= 11 is 11.3. The monoisotopic (exact) mass is 584 g/mol. The van der Waals surface area contributed by atoms with Crippen molar-refractivity contribution in [1.82, 2.24) is 9.97 Å². The molecule has 0 unspecified atom stereocenters. The number of aromatic hydroxyl groups is 1. The fourth-order valence-electron chi connectivity index (χ4n) is 3.13. The van der Waals surface area contributed by atoms with Crippen molar-refractivity contribution in [2.24, 2.45) is 0 Å². The van der Waals surface area contributed by atoms with E-state index in [9.17, 15) is 56.5 Å². The van der Waals surface area contributed by atoms with Crippen LogP contribution in [0.15, 0.2) is 41.2 Å². The molecule has 2 N–H and O–H groups in total. The first-order valence-corrected chi connectivity index (χ1v) is 10.3. The van der Waals surface area contributed by atoms with Crippen LogP contribution in [0.2, 0.25) is 10.2 Å². The van der Waals surface area contributed by atoms with Gasteiger partial charge in [-0.1, -0.05) is 29.3 Å². The summed E-state index contributed by atoms with van der Waals surface area (Å²) in [6.07, 6.45) is -9.17. The number of H-pyrrole nitrogens is 1. The van der Waals surface area contributed by atoms with Gasteiger partial charge in [-0.05, 0) is 30.3 Å². The third-order valence-corrected chi connectivity index (χ3v) is 5.48. The number of alkyl halides is 6. The zero-order valence-electron chi connectivity index (χ0n) is 17.8. The second-order valence-electron chi connectivity index (χ2n) is 7.22. The molecule has 10 nitrogen and oxygen atoms in total. The third kappa shape index (κ3) is 5.55. The van der Waals surface area contributed by atoms with E-state index in [0.29, 0.717) is 12.1 Å². The van der Waals surface area contributed by atoms with E-state index in [1.807, 2.05) is 4.98 Å². The Balaban J connectivity index is 0.000000211. The van der Waals surface area contributed by atoms with Crippen LogP contribution >= 0.6 is 23.2 Å². The van der Waals surface area contributed by atoms with E-state index in [2.05, 4.69) is 4.98 Å². The van der Waals surface area contributed by atoms with Crippen molar-refractivity contribution in [1.29, 1.82) is 0 Å². The maximum absolute atomic E-state index is 12.5. The lowest BCUT2D eigenvalue weighted by Crippen LogP contribution is -2.12. The van der Waals surface area contributed by atoms with Crippen molar-refractivity contribution in [3.63, 3.8) is 0 Å². The number of benzene rings is 2. The van der Waals surface area contributed by atoms with Crippen LogP contribution in [0.5, 0.6) is 5.75 Å². The first kappa shape index (κ1) is 28.4. The molecule has 0 spiro atoms. The Hall–Kier alpha value is -4.18. The molecule has 4 aromatic rings. The number of hydrogen-bond donors (Lipinski definition) is 2. The van der Waals surface area contributed by atoms with Gasteiger partial charge in [-0.2, -0.15) is 26.3 Å². The Bertz CT molecular complexity index is 1670. The number of nitrogens with one attached hydrogen (secondary N) is 1. The van der Waals surface area contributed by atoms with Gasteiger partial charge in [-0.3, -0.25) is 25.0 Å². The largest absolute Gasteiger partial charge is 0.501 e. The van der Waals surface area contributed by atoms with Crippen molar-refractivity contribution in [3.05, 3.63) is 88.3 Å². The van der Waals surface area contributed by atoms with Gasteiger partial charge in [0.15, 0.2) is 0 Å². The molecular formula is C20H8Cl2F6N4O6. The molecule has 0 aliphatic carbocycles. The summed E-state index contributed by atoms with van der Waals surface area (Å²) in [6, 6.07) is 4.64. The van der Waals surface area contributed by atoms with Gasteiger partial charge in [0, 0.05) is 10.8 Å². The maximum Gasteiger partial charge on any atom is 0.416 e. The van der Waals surface area contributed by atoms with Crippen molar-refractivity contribution < 1.29 is 41.3 Å². The average molecular weight is 585 g/mol. The lowest BCUT2D eigenvalue weighted by atomic mass is 10.1. The van der Waals surface area contributed by atoms with Crippen molar-refractivity contribution in [3.8, 4) is 5.75 Å². The van der Waals surface area contributed by atoms with E-state index in [1.54, 1.807) is 0 Å². The van der Waals surface area contributed by atoms with Crippen molar-refractivity contribution in [2.75, 3.05) is 0 Å². The van der Waals surface area contributed by atoms with E-state index in [0.717, 1.165) is 24.3 Å². The van der Waals surface area contributed by atoms with Crippen LogP contribution in [0.3, 0.4) is 0 Å². The molecule has 2 aromatic carbocycles. The number of rotatable bonds is 2. The summed E-state index contributed by atoms with van der Waals surface area (Å²) in [5, 5.41) is 29.7. The Labute approximate surface area is 214 Å². The van der Waals surface area contributed by atoms with E-state index >= 15 is 0 Å². The maximum atomic E-state index is 12.5. The van der Waals surface area contributed by atoms with Crippen LogP contribution in [0.4, 0.5) is 37.7 Å². The number of hydrogen-bond acceptors (Lipinski definition) is 7. The van der Waals surface area contributed by atoms with Crippen molar-refractivity contribution in [2.45, 2.75) is 12.4 Å². The molecular weight excluding hydrogens is 577 g/mol. The molecule has 2 aromatic heterocycles. The predicted molar refractivity (Wildman–Crippen MR) is 121 cm³/mol. The standard InChI is InChI=1S/C10H3Cl2F3N2O2.C10H5F3N2O4/c11-7-5-2-1-4(10(13,14)15)3-6(5)16-9(12)8(7)17(18)19;11-10(12,13)4-1-2-5-6(3-4)14-9(17)7(8(5)16)15(18)19/h1-3H;1-3H,(H2,14,16,17). The van der Waals surface area contributed by atoms with Crippen LogP contribution in [-0.4, -0.2) is 24.9 Å². The number of nitrogens with zero attached hydrogens (tertiary/aromatic N) is 3. The first-order valence-electron chi connectivity index (χ1n) is 9.54. The topological polar surface area (TPSA) is 152 Å². The van der Waals surface area contributed by atoms with Gasteiger partial charge in [0.25, 0.3) is 0 Å². The molecule has 0 aliphatic heterocycles. The summed E-state index contributed by atoms with van der Waals surface area (Å²) < 4.78 is 75.0. The summed E-state index contributed by atoms with van der Waals surface area (Å²) in [6.45, 7) is 0. The smallest absolute Gasteiger partial charge is 0.416 e. The van der Waals surface area contributed by atoms with E-state index in [-0.39, 0.29) is 26.8 Å². The lowest BCUT2D eigenvalue weighted by molar-refractivity contribution is -0.387.